The Morgan fingerprint density at radius 2 is 1.96 bits per heavy atom. The van der Waals surface area contributed by atoms with Crippen molar-refractivity contribution in [3.63, 3.8) is 0 Å². The molecule has 2 unspecified atom stereocenters. The van der Waals surface area contributed by atoms with Crippen LogP contribution in [0.2, 0.25) is 0 Å². The normalized spacial score (nSPS) is 29.3. The number of hydrogen-bond acceptors (Lipinski definition) is 5. The van der Waals surface area contributed by atoms with E-state index in [0.717, 1.165) is 19.0 Å². The number of likely N-dealkylation sites (N-methyl/N-ethyl adjacent to an activating group) is 1. The van der Waals surface area contributed by atoms with Crippen molar-refractivity contribution in [2.24, 2.45) is 10.9 Å². The zero-order valence-corrected chi connectivity index (χ0v) is 16.3. The van der Waals surface area contributed by atoms with E-state index in [1.807, 2.05) is 0 Å². The van der Waals surface area contributed by atoms with Crippen molar-refractivity contribution < 1.29 is 19.3 Å². The minimum Gasteiger partial charge on any atom is -0.396 e. The molecule has 8 heteroatoms. The maximum atomic E-state index is 13.2. The number of aliphatic hydroxyl groups is 1. The number of rotatable bonds is 4. The molecule has 1 saturated carbocycles. The van der Waals surface area contributed by atoms with Crippen LogP contribution in [0.25, 0.3) is 0 Å². The predicted molar refractivity (Wildman–Crippen MR) is 101 cm³/mol. The molecule has 3 heterocycles. The lowest BCUT2D eigenvalue weighted by atomic mass is 9.93. The molecule has 0 bridgehead atoms. The molecular formula is C19H30N5O3+. The number of fused-ring (bicyclic) bond motifs is 2. The summed E-state index contributed by atoms with van der Waals surface area (Å²) in [7, 11) is 1.69. The maximum Gasteiger partial charge on any atom is 0.392 e. The Morgan fingerprint density at radius 3 is 2.67 bits per heavy atom. The minimum atomic E-state index is -0.518. The van der Waals surface area contributed by atoms with Crippen molar-refractivity contribution in [1.29, 1.82) is 0 Å². The van der Waals surface area contributed by atoms with E-state index in [4.69, 9.17) is 10.1 Å². The lowest BCUT2D eigenvalue weighted by Crippen LogP contribution is -2.64. The largest absolute Gasteiger partial charge is 0.396 e. The van der Waals surface area contributed by atoms with Gasteiger partial charge in [0.2, 0.25) is 11.9 Å². The number of nitrogens with zero attached hydrogens (tertiary/aromatic N) is 5. The molecule has 0 spiro atoms. The van der Waals surface area contributed by atoms with Crippen LogP contribution >= 0.6 is 0 Å². The number of carbonyl (C=O) groups excluding carboxylic acids is 2. The van der Waals surface area contributed by atoms with Gasteiger partial charge >= 0.3 is 12.0 Å². The molecule has 0 aromatic rings. The molecule has 1 N–H and O–H groups in total. The fraction of sp³-hybridized carbons (Fsp3) is 0.789. The first-order chi connectivity index (χ1) is 13.0. The van der Waals surface area contributed by atoms with E-state index in [2.05, 4.69) is 16.4 Å². The summed E-state index contributed by atoms with van der Waals surface area (Å²) in [6.45, 7) is 4.15. The molecule has 0 radical (unpaired) electrons. The molecule has 0 aromatic heterocycles. The molecule has 27 heavy (non-hydrogen) atoms. The lowest BCUT2D eigenvalue weighted by molar-refractivity contribution is -0.552. The third-order valence-corrected chi connectivity index (χ3v) is 6.22. The fourth-order valence-corrected chi connectivity index (χ4v) is 4.87. The lowest BCUT2D eigenvalue weighted by Gasteiger charge is -2.37. The van der Waals surface area contributed by atoms with Crippen LogP contribution in [0.1, 0.15) is 45.4 Å². The molecule has 2 fully saturated rings. The number of amides is 3. The van der Waals surface area contributed by atoms with Crippen molar-refractivity contribution >= 4 is 23.7 Å². The van der Waals surface area contributed by atoms with Crippen LogP contribution in [-0.2, 0) is 4.79 Å². The average Bonchev–Trinajstić information content (AvgIpc) is 3.06. The van der Waals surface area contributed by atoms with Gasteiger partial charge < -0.3 is 5.11 Å². The molecule has 4 aliphatic rings. The number of hydrogen-bond donors (Lipinski definition) is 1. The van der Waals surface area contributed by atoms with E-state index in [1.54, 1.807) is 7.05 Å². The van der Waals surface area contributed by atoms with Crippen LogP contribution in [0.15, 0.2) is 4.99 Å². The first-order valence-electron chi connectivity index (χ1n) is 10.2. The first-order valence-corrected chi connectivity index (χ1v) is 10.2. The number of carbonyl (C=O) groups is 2. The third-order valence-electron chi connectivity index (χ3n) is 6.22. The topological polar surface area (TPSA) is 79.5 Å². The zero-order valence-electron chi connectivity index (χ0n) is 16.3. The molecule has 2 atom stereocenters. The molecule has 8 nitrogen and oxygen atoms in total. The van der Waals surface area contributed by atoms with Gasteiger partial charge in [0.05, 0.1) is 19.1 Å². The van der Waals surface area contributed by atoms with Gasteiger partial charge in [-0.05, 0) is 19.3 Å². The van der Waals surface area contributed by atoms with Crippen LogP contribution < -0.4 is 0 Å². The van der Waals surface area contributed by atoms with Gasteiger partial charge in [0.15, 0.2) is 0 Å². The molecule has 1 aliphatic carbocycles. The summed E-state index contributed by atoms with van der Waals surface area (Å²) in [6, 6.07) is -0.388. The van der Waals surface area contributed by atoms with Crippen molar-refractivity contribution in [3.05, 3.63) is 0 Å². The highest BCUT2D eigenvalue weighted by Gasteiger charge is 2.55. The standard InChI is InChI=1S/C19H30N5O3/c1-13-11-23(14-7-4-3-5-8-14)18-20-16-15(24(18)12-13)17(26)22(9-6-10-25)19(27)21(16)2/h13-15,25H,3-12H2,1-2H3/q+1. The monoisotopic (exact) mass is 376 g/mol. The fourth-order valence-electron chi connectivity index (χ4n) is 4.87. The summed E-state index contributed by atoms with van der Waals surface area (Å²) in [4.78, 5) is 35.8. The Bertz CT molecular complexity index is 697. The molecule has 3 amide bonds. The highest BCUT2D eigenvalue weighted by Crippen LogP contribution is 2.30. The summed E-state index contributed by atoms with van der Waals surface area (Å²) in [5.74, 6) is 1.65. The second kappa shape index (κ2) is 7.22. The van der Waals surface area contributed by atoms with E-state index >= 15 is 0 Å². The van der Waals surface area contributed by atoms with Gasteiger partial charge in [0.25, 0.3) is 5.91 Å². The van der Waals surface area contributed by atoms with Gasteiger partial charge in [-0.15, -0.1) is 0 Å². The summed E-state index contributed by atoms with van der Waals surface area (Å²) in [5, 5.41) is 9.12. The molecule has 148 valence electrons. The SMILES string of the molecule is CC1CN(C2CCCCC2)C2=[N+](C1)C1C(=O)N(CCCO)C(=O)N(C)C1=N2. The quantitative estimate of drug-likeness (QED) is 0.733. The van der Waals surface area contributed by atoms with E-state index in [-0.39, 0.29) is 25.1 Å². The van der Waals surface area contributed by atoms with Crippen LogP contribution in [0.3, 0.4) is 0 Å². The Morgan fingerprint density at radius 1 is 1.22 bits per heavy atom. The van der Waals surface area contributed by atoms with Gasteiger partial charge in [-0.2, -0.15) is 0 Å². The van der Waals surface area contributed by atoms with Crippen molar-refractivity contribution in [1.82, 2.24) is 14.7 Å². The Labute approximate surface area is 160 Å². The summed E-state index contributed by atoms with van der Waals surface area (Å²) in [6.07, 6.45) is 6.53. The van der Waals surface area contributed by atoms with Gasteiger partial charge in [0, 0.05) is 26.1 Å². The van der Waals surface area contributed by atoms with Gasteiger partial charge in [-0.3, -0.25) is 19.5 Å². The number of urea groups is 1. The van der Waals surface area contributed by atoms with Crippen LogP contribution in [-0.4, -0.2) is 93.5 Å². The Balaban J connectivity index is 1.68. The van der Waals surface area contributed by atoms with E-state index in [9.17, 15) is 9.59 Å². The molecule has 0 aromatic carbocycles. The number of guanidine groups is 1. The Kier molecular flexibility index (Phi) is 4.92. The van der Waals surface area contributed by atoms with Crippen molar-refractivity contribution in [2.45, 2.75) is 57.5 Å². The van der Waals surface area contributed by atoms with Crippen LogP contribution in [0.5, 0.6) is 0 Å². The van der Waals surface area contributed by atoms with Gasteiger partial charge in [-0.25, -0.2) is 9.37 Å². The molecular weight excluding hydrogens is 346 g/mol. The van der Waals surface area contributed by atoms with Crippen LogP contribution in [0.4, 0.5) is 4.79 Å². The van der Waals surface area contributed by atoms with E-state index < -0.39 is 6.04 Å². The third kappa shape index (κ3) is 3.03. The number of aliphatic hydroxyl groups excluding tert-OH is 1. The second-order valence-corrected chi connectivity index (χ2v) is 8.28. The maximum absolute atomic E-state index is 13.2. The predicted octanol–water partition coefficient (Wildman–Crippen LogP) is 0.696. The van der Waals surface area contributed by atoms with E-state index in [1.165, 1.54) is 41.9 Å². The van der Waals surface area contributed by atoms with Crippen LogP contribution in [0, 0.1) is 5.92 Å². The smallest absolute Gasteiger partial charge is 0.392 e. The first kappa shape index (κ1) is 18.4. The highest BCUT2D eigenvalue weighted by molar-refractivity contribution is 6.22. The number of amidine groups is 1. The summed E-state index contributed by atoms with van der Waals surface area (Å²) >= 11 is 0. The van der Waals surface area contributed by atoms with Crippen molar-refractivity contribution in [2.75, 3.05) is 33.3 Å². The average molecular weight is 376 g/mol. The zero-order chi connectivity index (χ0) is 19.1. The van der Waals surface area contributed by atoms with Gasteiger partial charge in [0.1, 0.15) is 0 Å². The Hall–Kier alpha value is -1.96. The number of aliphatic imine (C=N–C) groups is 1. The van der Waals surface area contributed by atoms with Crippen molar-refractivity contribution in [3.8, 4) is 0 Å². The summed E-state index contributed by atoms with van der Waals surface area (Å²) in [5.41, 5.74) is 0. The minimum absolute atomic E-state index is 0.0417. The highest BCUT2D eigenvalue weighted by atomic mass is 16.3. The molecule has 4 rings (SSSR count). The second-order valence-electron chi connectivity index (χ2n) is 8.28. The van der Waals surface area contributed by atoms with E-state index in [0.29, 0.717) is 24.2 Å². The van der Waals surface area contributed by atoms with Gasteiger partial charge in [-0.1, -0.05) is 31.2 Å². The number of imide groups is 1. The molecule has 1 saturated heterocycles. The molecule has 3 aliphatic heterocycles. The summed E-state index contributed by atoms with van der Waals surface area (Å²) < 4.78 is 2.11.